The second kappa shape index (κ2) is 4.30. The largest absolute Gasteiger partial charge is 0.245 e. The van der Waals surface area contributed by atoms with E-state index in [1.54, 1.807) is 0 Å². The Morgan fingerprint density at radius 3 is 2.65 bits per heavy atom. The SMILES string of the molecule is Cc1ccc(-c2nc3n(n2)CCc2ccccc2-3)cc1. The van der Waals surface area contributed by atoms with Crippen LogP contribution >= 0.6 is 0 Å². The van der Waals surface area contributed by atoms with Crippen LogP contribution in [0.4, 0.5) is 0 Å². The Morgan fingerprint density at radius 1 is 1.00 bits per heavy atom. The molecule has 1 aliphatic heterocycles. The van der Waals surface area contributed by atoms with Crippen LogP contribution in [0.2, 0.25) is 0 Å². The number of fused-ring (bicyclic) bond motifs is 3. The van der Waals surface area contributed by atoms with E-state index in [9.17, 15) is 0 Å². The van der Waals surface area contributed by atoms with Crippen molar-refractivity contribution in [3.8, 4) is 22.8 Å². The van der Waals surface area contributed by atoms with Gasteiger partial charge in [-0.05, 0) is 18.9 Å². The van der Waals surface area contributed by atoms with E-state index in [0.717, 1.165) is 30.2 Å². The van der Waals surface area contributed by atoms with Crippen LogP contribution in [-0.4, -0.2) is 14.8 Å². The van der Waals surface area contributed by atoms with Gasteiger partial charge in [-0.1, -0.05) is 54.1 Å². The van der Waals surface area contributed by atoms with Gasteiger partial charge in [0.25, 0.3) is 0 Å². The zero-order valence-corrected chi connectivity index (χ0v) is 11.4. The molecule has 0 N–H and O–H groups in total. The Morgan fingerprint density at radius 2 is 1.80 bits per heavy atom. The molecule has 2 aromatic carbocycles. The van der Waals surface area contributed by atoms with E-state index < -0.39 is 0 Å². The predicted molar refractivity (Wildman–Crippen MR) is 79.3 cm³/mol. The molecule has 0 radical (unpaired) electrons. The normalized spacial score (nSPS) is 12.8. The van der Waals surface area contributed by atoms with Gasteiger partial charge in [-0.2, -0.15) is 5.10 Å². The summed E-state index contributed by atoms with van der Waals surface area (Å²) in [6.07, 6.45) is 1.03. The fourth-order valence-electron chi connectivity index (χ4n) is 2.70. The lowest BCUT2D eigenvalue weighted by Crippen LogP contribution is -2.11. The van der Waals surface area contributed by atoms with Gasteiger partial charge in [0.1, 0.15) is 0 Å². The summed E-state index contributed by atoms with van der Waals surface area (Å²) in [4.78, 5) is 4.74. The number of aromatic nitrogens is 3. The molecule has 3 nitrogen and oxygen atoms in total. The molecule has 3 heteroatoms. The standard InChI is InChI=1S/C17H15N3/c1-12-6-8-14(9-7-12)16-18-17-15-5-3-2-4-13(15)10-11-20(17)19-16/h2-9H,10-11H2,1H3. The second-order valence-corrected chi connectivity index (χ2v) is 5.26. The van der Waals surface area contributed by atoms with E-state index in [1.165, 1.54) is 16.7 Å². The fourth-order valence-corrected chi connectivity index (χ4v) is 2.70. The van der Waals surface area contributed by atoms with Crippen molar-refractivity contribution in [2.45, 2.75) is 19.9 Å². The summed E-state index contributed by atoms with van der Waals surface area (Å²) in [6, 6.07) is 16.8. The Labute approximate surface area is 117 Å². The summed E-state index contributed by atoms with van der Waals surface area (Å²) in [5.41, 5.74) is 4.91. The van der Waals surface area contributed by atoms with Gasteiger partial charge in [0, 0.05) is 17.7 Å². The molecule has 0 saturated heterocycles. The van der Waals surface area contributed by atoms with Gasteiger partial charge in [0.2, 0.25) is 0 Å². The van der Waals surface area contributed by atoms with Crippen molar-refractivity contribution in [3.05, 3.63) is 59.7 Å². The lowest BCUT2D eigenvalue weighted by Gasteiger charge is -2.15. The first kappa shape index (κ1) is 11.4. The van der Waals surface area contributed by atoms with E-state index >= 15 is 0 Å². The van der Waals surface area contributed by atoms with Crippen LogP contribution in [0.5, 0.6) is 0 Å². The quantitative estimate of drug-likeness (QED) is 0.671. The first-order valence-electron chi connectivity index (χ1n) is 6.91. The molecular weight excluding hydrogens is 246 g/mol. The third-order valence-corrected chi connectivity index (χ3v) is 3.83. The minimum atomic E-state index is 0.816. The maximum atomic E-state index is 4.74. The number of hydrogen-bond acceptors (Lipinski definition) is 2. The van der Waals surface area contributed by atoms with Crippen LogP contribution in [0.25, 0.3) is 22.8 Å². The van der Waals surface area contributed by atoms with E-state index in [1.807, 2.05) is 4.68 Å². The van der Waals surface area contributed by atoms with Crippen molar-refractivity contribution in [2.75, 3.05) is 0 Å². The number of nitrogens with zero attached hydrogens (tertiary/aromatic N) is 3. The molecule has 0 amide bonds. The van der Waals surface area contributed by atoms with Gasteiger partial charge >= 0.3 is 0 Å². The van der Waals surface area contributed by atoms with Crippen molar-refractivity contribution in [1.29, 1.82) is 0 Å². The van der Waals surface area contributed by atoms with Crippen molar-refractivity contribution in [2.24, 2.45) is 0 Å². The van der Waals surface area contributed by atoms with Crippen LogP contribution in [0, 0.1) is 6.92 Å². The highest BCUT2D eigenvalue weighted by atomic mass is 15.3. The monoisotopic (exact) mass is 261 g/mol. The molecule has 1 aromatic heterocycles. The summed E-state index contributed by atoms with van der Waals surface area (Å²) in [5, 5.41) is 4.66. The van der Waals surface area contributed by atoms with Gasteiger partial charge < -0.3 is 0 Å². The van der Waals surface area contributed by atoms with Crippen molar-refractivity contribution in [1.82, 2.24) is 14.8 Å². The summed E-state index contributed by atoms with van der Waals surface area (Å²) >= 11 is 0. The van der Waals surface area contributed by atoms with E-state index in [0.29, 0.717) is 0 Å². The zero-order chi connectivity index (χ0) is 13.5. The molecule has 0 unspecified atom stereocenters. The third-order valence-electron chi connectivity index (χ3n) is 3.83. The third kappa shape index (κ3) is 1.74. The second-order valence-electron chi connectivity index (χ2n) is 5.26. The highest BCUT2D eigenvalue weighted by Crippen LogP contribution is 2.29. The maximum Gasteiger partial charge on any atom is 0.181 e. The van der Waals surface area contributed by atoms with Crippen LogP contribution < -0.4 is 0 Å². The molecule has 3 aromatic rings. The van der Waals surface area contributed by atoms with E-state index in [2.05, 4.69) is 60.6 Å². The van der Waals surface area contributed by atoms with Crippen molar-refractivity contribution in [3.63, 3.8) is 0 Å². The summed E-state index contributed by atoms with van der Waals surface area (Å²) in [5.74, 6) is 1.80. The van der Waals surface area contributed by atoms with E-state index in [4.69, 9.17) is 4.98 Å². The average Bonchev–Trinajstić information content (AvgIpc) is 2.92. The summed E-state index contributed by atoms with van der Waals surface area (Å²) in [7, 11) is 0. The minimum Gasteiger partial charge on any atom is -0.245 e. The molecule has 0 spiro atoms. The molecule has 0 aliphatic carbocycles. The van der Waals surface area contributed by atoms with Gasteiger partial charge in [-0.25, -0.2) is 9.67 Å². The highest BCUT2D eigenvalue weighted by molar-refractivity contribution is 5.65. The molecule has 20 heavy (non-hydrogen) atoms. The van der Waals surface area contributed by atoms with Gasteiger partial charge in [-0.3, -0.25) is 0 Å². The molecule has 1 aliphatic rings. The smallest absolute Gasteiger partial charge is 0.181 e. The molecule has 0 fully saturated rings. The van der Waals surface area contributed by atoms with Gasteiger partial charge in [-0.15, -0.1) is 0 Å². The molecular formula is C17H15N3. The topological polar surface area (TPSA) is 30.7 Å². The predicted octanol–water partition coefficient (Wildman–Crippen LogP) is 3.48. The van der Waals surface area contributed by atoms with Crippen molar-refractivity contribution >= 4 is 0 Å². The number of hydrogen-bond donors (Lipinski definition) is 0. The fraction of sp³-hybridized carbons (Fsp3) is 0.176. The molecule has 0 saturated carbocycles. The van der Waals surface area contributed by atoms with E-state index in [-0.39, 0.29) is 0 Å². The Balaban J connectivity index is 1.84. The summed E-state index contributed by atoms with van der Waals surface area (Å²) in [6.45, 7) is 3.00. The van der Waals surface area contributed by atoms with Crippen LogP contribution in [-0.2, 0) is 13.0 Å². The van der Waals surface area contributed by atoms with Gasteiger partial charge in [0.05, 0.1) is 0 Å². The summed E-state index contributed by atoms with van der Waals surface area (Å²) < 4.78 is 2.03. The van der Waals surface area contributed by atoms with Crippen LogP contribution in [0.3, 0.4) is 0 Å². The molecule has 4 rings (SSSR count). The first-order chi connectivity index (χ1) is 9.81. The highest BCUT2D eigenvalue weighted by Gasteiger charge is 2.19. The number of aryl methyl sites for hydroxylation is 3. The van der Waals surface area contributed by atoms with Crippen molar-refractivity contribution < 1.29 is 0 Å². The Hall–Kier alpha value is -2.42. The van der Waals surface area contributed by atoms with Crippen LogP contribution in [0.1, 0.15) is 11.1 Å². The lowest BCUT2D eigenvalue weighted by molar-refractivity contribution is 0.607. The first-order valence-corrected chi connectivity index (χ1v) is 6.91. The lowest BCUT2D eigenvalue weighted by atomic mass is 10.0. The average molecular weight is 261 g/mol. The maximum absolute atomic E-state index is 4.74. The van der Waals surface area contributed by atoms with Crippen LogP contribution in [0.15, 0.2) is 48.5 Å². The Kier molecular flexibility index (Phi) is 2.46. The number of rotatable bonds is 1. The molecule has 0 atom stereocenters. The Bertz CT molecular complexity index is 769. The minimum absolute atomic E-state index is 0.816. The molecule has 98 valence electrons. The van der Waals surface area contributed by atoms with Gasteiger partial charge in [0.15, 0.2) is 11.6 Å². The molecule has 0 bridgehead atoms. The number of benzene rings is 2. The zero-order valence-electron chi connectivity index (χ0n) is 11.4. The molecule has 2 heterocycles.